The minimum Gasteiger partial charge on any atom is -0.340 e. The van der Waals surface area contributed by atoms with E-state index in [2.05, 4.69) is 25.3 Å². The summed E-state index contributed by atoms with van der Waals surface area (Å²) in [4.78, 5) is 27.6. The summed E-state index contributed by atoms with van der Waals surface area (Å²) in [6.07, 6.45) is 7.68. The van der Waals surface area contributed by atoms with E-state index < -0.39 is 5.82 Å². The number of carbonyl (C=O) groups is 1. The molecule has 186 valence electrons. The number of nitrogens with zero attached hydrogens (tertiary/aromatic N) is 6. The predicted molar refractivity (Wildman–Crippen MR) is 140 cm³/mol. The number of benzene rings is 1. The van der Waals surface area contributed by atoms with Gasteiger partial charge in [-0.05, 0) is 43.3 Å². The highest BCUT2D eigenvalue weighted by molar-refractivity contribution is 7.19. The fourth-order valence-corrected chi connectivity index (χ4v) is 5.63. The molecule has 0 aliphatic carbocycles. The second-order valence-electron chi connectivity index (χ2n) is 8.75. The van der Waals surface area contributed by atoms with Gasteiger partial charge in [0.2, 0.25) is 5.91 Å². The van der Waals surface area contributed by atoms with Crippen LogP contribution in [-0.4, -0.2) is 55.6 Å². The summed E-state index contributed by atoms with van der Waals surface area (Å²) in [6.45, 7) is 2.52. The summed E-state index contributed by atoms with van der Waals surface area (Å²) in [5.74, 6) is 0.173. The molecular formula is C25H25ClFN7OS. The Morgan fingerprint density at radius 2 is 2.19 bits per heavy atom. The Labute approximate surface area is 217 Å². The number of rotatable bonds is 7. The van der Waals surface area contributed by atoms with Crippen LogP contribution in [0.25, 0.3) is 10.2 Å². The number of anilines is 2. The largest absolute Gasteiger partial charge is 0.340 e. The lowest BCUT2D eigenvalue weighted by molar-refractivity contribution is -0.126. The van der Waals surface area contributed by atoms with Crippen LogP contribution >= 0.6 is 22.9 Å². The zero-order valence-corrected chi connectivity index (χ0v) is 21.5. The molecule has 0 spiro atoms. The van der Waals surface area contributed by atoms with Crippen molar-refractivity contribution in [2.75, 3.05) is 25.5 Å². The molecule has 0 saturated heterocycles. The first-order chi connectivity index (χ1) is 17.4. The van der Waals surface area contributed by atoms with Crippen LogP contribution in [0.3, 0.4) is 0 Å². The Morgan fingerprint density at radius 3 is 2.97 bits per heavy atom. The van der Waals surface area contributed by atoms with E-state index >= 15 is 0 Å². The van der Waals surface area contributed by atoms with Gasteiger partial charge in [-0.25, -0.2) is 14.4 Å². The topological polar surface area (TPSA) is 79.2 Å². The number of likely N-dealkylation sites (N-methyl/N-ethyl adjacent to an activating group) is 1. The SMILES string of the molecule is CN(CC=CC(=O)N1CCc2c(sc3ncnc(Nc4ccc(F)c(Cl)c4)c23)C1)Cc1ccn(C)n1. The minimum absolute atomic E-state index is 0.00488. The molecule has 1 aliphatic heterocycles. The average Bonchev–Trinajstić information content (AvgIpc) is 3.44. The molecule has 36 heavy (non-hydrogen) atoms. The van der Waals surface area contributed by atoms with E-state index in [-0.39, 0.29) is 10.9 Å². The van der Waals surface area contributed by atoms with Crippen LogP contribution in [0.1, 0.15) is 16.1 Å². The Balaban J connectivity index is 1.26. The van der Waals surface area contributed by atoms with Crippen molar-refractivity contribution in [1.82, 2.24) is 29.5 Å². The van der Waals surface area contributed by atoms with E-state index in [4.69, 9.17) is 11.6 Å². The summed E-state index contributed by atoms with van der Waals surface area (Å²) in [7, 11) is 3.90. The Morgan fingerprint density at radius 1 is 1.33 bits per heavy atom. The summed E-state index contributed by atoms with van der Waals surface area (Å²) in [5, 5.41) is 8.62. The first kappa shape index (κ1) is 24.4. The van der Waals surface area contributed by atoms with Gasteiger partial charge in [0.05, 0.1) is 22.6 Å². The van der Waals surface area contributed by atoms with Crippen molar-refractivity contribution in [1.29, 1.82) is 0 Å². The Bertz CT molecular complexity index is 1450. The van der Waals surface area contributed by atoms with E-state index in [1.807, 2.05) is 37.3 Å². The number of hydrogen-bond acceptors (Lipinski definition) is 7. The zero-order chi connectivity index (χ0) is 25.2. The molecule has 0 atom stereocenters. The minimum atomic E-state index is -0.471. The Hall–Kier alpha value is -3.34. The third kappa shape index (κ3) is 5.25. The number of halogens is 2. The van der Waals surface area contributed by atoms with Crippen molar-refractivity contribution < 1.29 is 9.18 Å². The van der Waals surface area contributed by atoms with Crippen LogP contribution in [0.15, 0.2) is 48.9 Å². The smallest absolute Gasteiger partial charge is 0.246 e. The van der Waals surface area contributed by atoms with Gasteiger partial charge in [0.1, 0.15) is 22.8 Å². The van der Waals surface area contributed by atoms with Crippen molar-refractivity contribution in [2.45, 2.75) is 19.5 Å². The lowest BCUT2D eigenvalue weighted by Crippen LogP contribution is -2.34. The highest BCUT2D eigenvalue weighted by Crippen LogP contribution is 2.38. The van der Waals surface area contributed by atoms with Gasteiger partial charge in [0.15, 0.2) is 0 Å². The van der Waals surface area contributed by atoms with E-state index in [1.54, 1.807) is 28.2 Å². The maximum absolute atomic E-state index is 13.5. The van der Waals surface area contributed by atoms with Gasteiger partial charge in [-0.15, -0.1) is 11.3 Å². The Kier molecular flexibility index (Phi) is 6.99. The van der Waals surface area contributed by atoms with Crippen molar-refractivity contribution >= 4 is 50.6 Å². The van der Waals surface area contributed by atoms with E-state index in [0.717, 1.165) is 32.9 Å². The van der Waals surface area contributed by atoms with Gasteiger partial charge in [-0.3, -0.25) is 14.4 Å². The van der Waals surface area contributed by atoms with Crippen LogP contribution in [0.2, 0.25) is 5.02 Å². The number of aryl methyl sites for hydroxylation is 1. The summed E-state index contributed by atoms with van der Waals surface area (Å²) < 4.78 is 15.3. The molecule has 5 rings (SSSR count). The summed E-state index contributed by atoms with van der Waals surface area (Å²) >= 11 is 7.50. The van der Waals surface area contributed by atoms with Gasteiger partial charge >= 0.3 is 0 Å². The molecule has 1 aliphatic rings. The molecule has 0 saturated carbocycles. The van der Waals surface area contributed by atoms with E-state index in [0.29, 0.717) is 37.6 Å². The van der Waals surface area contributed by atoms with Gasteiger partial charge in [-0.2, -0.15) is 5.10 Å². The molecule has 1 aromatic carbocycles. The predicted octanol–water partition coefficient (Wildman–Crippen LogP) is 4.53. The van der Waals surface area contributed by atoms with Crippen LogP contribution in [0.5, 0.6) is 0 Å². The summed E-state index contributed by atoms with van der Waals surface area (Å²) in [5.41, 5.74) is 2.79. The lowest BCUT2D eigenvalue weighted by atomic mass is 10.0. The third-order valence-electron chi connectivity index (χ3n) is 6.01. The van der Waals surface area contributed by atoms with Crippen molar-refractivity contribution in [3.8, 4) is 0 Å². The molecule has 0 radical (unpaired) electrons. The third-order valence-corrected chi connectivity index (χ3v) is 7.42. The molecule has 3 aromatic heterocycles. The molecule has 1 amide bonds. The first-order valence-electron chi connectivity index (χ1n) is 11.5. The van der Waals surface area contributed by atoms with Gasteiger partial charge in [-0.1, -0.05) is 17.7 Å². The molecule has 0 unspecified atom stereocenters. The number of aromatic nitrogens is 4. The second kappa shape index (κ2) is 10.3. The number of carbonyl (C=O) groups excluding carboxylic acids is 1. The molecule has 4 heterocycles. The number of hydrogen-bond donors (Lipinski definition) is 1. The van der Waals surface area contributed by atoms with Crippen molar-refractivity contribution in [2.24, 2.45) is 7.05 Å². The quantitative estimate of drug-likeness (QED) is 0.357. The summed E-state index contributed by atoms with van der Waals surface area (Å²) in [6, 6.07) is 6.46. The molecule has 8 nitrogen and oxygen atoms in total. The van der Waals surface area contributed by atoms with Crippen molar-refractivity contribution in [3.63, 3.8) is 0 Å². The van der Waals surface area contributed by atoms with Crippen molar-refractivity contribution in [3.05, 3.63) is 75.9 Å². The van der Waals surface area contributed by atoms with Gasteiger partial charge < -0.3 is 10.2 Å². The second-order valence-corrected chi connectivity index (χ2v) is 10.2. The lowest BCUT2D eigenvalue weighted by Gasteiger charge is -2.26. The normalized spacial score (nSPS) is 13.6. The maximum atomic E-state index is 13.5. The van der Waals surface area contributed by atoms with Crippen LogP contribution in [0, 0.1) is 5.82 Å². The van der Waals surface area contributed by atoms with Gasteiger partial charge in [0, 0.05) is 49.5 Å². The maximum Gasteiger partial charge on any atom is 0.246 e. The van der Waals surface area contributed by atoms with Crippen LogP contribution in [0.4, 0.5) is 15.9 Å². The average molecular weight is 526 g/mol. The molecule has 0 fully saturated rings. The number of fused-ring (bicyclic) bond motifs is 3. The number of amides is 1. The van der Waals surface area contributed by atoms with E-state index in [1.165, 1.54) is 18.5 Å². The van der Waals surface area contributed by atoms with Crippen LogP contribution < -0.4 is 5.32 Å². The molecule has 11 heteroatoms. The zero-order valence-electron chi connectivity index (χ0n) is 19.9. The highest BCUT2D eigenvalue weighted by Gasteiger charge is 2.25. The molecule has 1 N–H and O–H groups in total. The number of nitrogens with one attached hydrogen (secondary N) is 1. The number of thiophene rings is 1. The standard InChI is InChI=1S/C25H25ClFN7OS/c1-32(13-17-7-10-33(2)31-17)9-3-4-22(35)34-11-8-18-21(14-34)36-25-23(18)24(28-15-29-25)30-16-5-6-20(27)19(26)12-16/h3-7,10,12,15H,8-9,11,13-14H2,1-2H3,(H,28,29,30). The monoisotopic (exact) mass is 525 g/mol. The first-order valence-corrected chi connectivity index (χ1v) is 12.7. The fourth-order valence-electron chi connectivity index (χ4n) is 4.25. The molecule has 4 aromatic rings. The molecule has 0 bridgehead atoms. The van der Waals surface area contributed by atoms with E-state index in [9.17, 15) is 9.18 Å². The van der Waals surface area contributed by atoms with Crippen LogP contribution in [-0.2, 0) is 31.4 Å². The highest BCUT2D eigenvalue weighted by atomic mass is 35.5. The van der Waals surface area contributed by atoms with Gasteiger partial charge in [0.25, 0.3) is 0 Å². The fraction of sp³-hybridized carbons (Fsp3) is 0.280. The molecular weight excluding hydrogens is 501 g/mol.